The van der Waals surface area contributed by atoms with Gasteiger partial charge in [0.05, 0.1) is 12.6 Å². The fourth-order valence-electron chi connectivity index (χ4n) is 6.80. The van der Waals surface area contributed by atoms with E-state index in [4.69, 9.17) is 13.9 Å². The van der Waals surface area contributed by atoms with Crippen molar-refractivity contribution >= 4 is 40.5 Å². The zero-order valence-electron chi connectivity index (χ0n) is 27.4. The second-order valence-corrected chi connectivity index (χ2v) is 13.4. The first-order chi connectivity index (χ1) is 22.5. The first-order valence-electron chi connectivity index (χ1n) is 16.4. The number of nitrogens with one attached hydrogen (secondary N) is 2. The highest BCUT2D eigenvalue weighted by atomic mass is 19.1. The molecule has 0 unspecified atom stereocenters. The molecule has 2 aromatic carbocycles. The smallest absolute Gasteiger partial charge is 0.407 e. The van der Waals surface area contributed by atoms with Crippen LogP contribution >= 0.6 is 0 Å². The molecule has 1 saturated carbocycles. The number of nitrogens with zero attached hydrogens (tertiary/aromatic N) is 1. The van der Waals surface area contributed by atoms with Crippen molar-refractivity contribution in [3.05, 3.63) is 65.9 Å². The number of esters is 1. The van der Waals surface area contributed by atoms with Gasteiger partial charge in [0.15, 0.2) is 0 Å². The van der Waals surface area contributed by atoms with E-state index in [0.717, 1.165) is 5.56 Å². The standard InChI is InChI=1S/C36H44FN3O7/c1-5-45-34(43)30-20-25-19-26(15-16-29(25)46-30)38-32(41)31-27(22-9-7-6-8-10-22)17-18-40(31)33(42)24-13-11-23(12-14-24)28(21-37)39-35(44)47-36(2,3)4/h6-10,15-16,19-20,23-24,27-28,31H,5,11-14,17-18,21H2,1-4H3,(H,38,41)(H,39,44)/t23-,24-,27-,28-,31+/m1/s1. The summed E-state index contributed by atoms with van der Waals surface area (Å²) >= 11 is 0. The molecule has 1 aromatic heterocycles. The Hall–Kier alpha value is -4.41. The first kappa shape index (κ1) is 33.9. The van der Waals surface area contributed by atoms with E-state index in [1.807, 2.05) is 30.3 Å². The van der Waals surface area contributed by atoms with Crippen molar-refractivity contribution in [3.63, 3.8) is 0 Å². The molecule has 1 aliphatic heterocycles. The molecule has 2 heterocycles. The highest BCUT2D eigenvalue weighted by Crippen LogP contribution is 2.39. The number of likely N-dealkylation sites (tertiary alicyclic amines) is 1. The first-order valence-corrected chi connectivity index (χ1v) is 16.4. The molecule has 11 heteroatoms. The van der Waals surface area contributed by atoms with Gasteiger partial charge in [0.2, 0.25) is 17.6 Å². The lowest BCUT2D eigenvalue weighted by molar-refractivity contribution is -0.141. The van der Waals surface area contributed by atoms with Gasteiger partial charge in [-0.1, -0.05) is 30.3 Å². The third-order valence-electron chi connectivity index (χ3n) is 9.00. The molecule has 0 spiro atoms. The molecule has 3 amide bonds. The number of anilines is 1. The lowest BCUT2D eigenvalue weighted by Gasteiger charge is -2.36. The van der Waals surface area contributed by atoms with E-state index in [9.17, 15) is 23.6 Å². The van der Waals surface area contributed by atoms with Crippen LogP contribution < -0.4 is 10.6 Å². The van der Waals surface area contributed by atoms with Crippen molar-refractivity contribution < 1.29 is 37.5 Å². The number of rotatable bonds is 9. The normalized spacial score (nSPS) is 22.0. The van der Waals surface area contributed by atoms with E-state index >= 15 is 0 Å². The van der Waals surface area contributed by atoms with Crippen molar-refractivity contribution in [3.8, 4) is 0 Å². The van der Waals surface area contributed by atoms with Gasteiger partial charge >= 0.3 is 12.1 Å². The molecule has 252 valence electrons. The molecule has 0 bridgehead atoms. The predicted octanol–water partition coefficient (Wildman–Crippen LogP) is 6.60. The lowest BCUT2D eigenvalue weighted by atomic mass is 9.78. The maximum atomic E-state index is 14.0. The number of halogens is 1. The summed E-state index contributed by atoms with van der Waals surface area (Å²) in [5.74, 6) is -1.48. The van der Waals surface area contributed by atoms with Gasteiger partial charge < -0.3 is 29.4 Å². The fraction of sp³-hybridized carbons (Fsp3) is 0.500. The van der Waals surface area contributed by atoms with Crippen molar-refractivity contribution in [1.82, 2.24) is 10.2 Å². The Morgan fingerprint density at radius 2 is 1.72 bits per heavy atom. The molecule has 5 rings (SSSR count). The minimum atomic E-state index is -0.731. The number of benzene rings is 2. The van der Waals surface area contributed by atoms with Crippen LogP contribution in [-0.4, -0.2) is 66.3 Å². The fourth-order valence-corrected chi connectivity index (χ4v) is 6.80. The van der Waals surface area contributed by atoms with Crippen molar-refractivity contribution in [1.29, 1.82) is 0 Å². The topological polar surface area (TPSA) is 127 Å². The van der Waals surface area contributed by atoms with Crippen LogP contribution in [0.5, 0.6) is 0 Å². The van der Waals surface area contributed by atoms with E-state index in [2.05, 4.69) is 10.6 Å². The Morgan fingerprint density at radius 1 is 1.00 bits per heavy atom. The summed E-state index contributed by atoms with van der Waals surface area (Å²) < 4.78 is 30.0. The molecule has 0 radical (unpaired) electrons. The monoisotopic (exact) mass is 649 g/mol. The number of hydrogen-bond acceptors (Lipinski definition) is 7. The Labute approximate surface area is 274 Å². The highest BCUT2D eigenvalue weighted by molar-refractivity contribution is 6.00. The molecule has 1 aliphatic carbocycles. The van der Waals surface area contributed by atoms with Gasteiger partial charge in [0, 0.05) is 29.5 Å². The van der Waals surface area contributed by atoms with E-state index in [1.54, 1.807) is 56.9 Å². The summed E-state index contributed by atoms with van der Waals surface area (Å²) in [6, 6.07) is 15.0. The average molecular weight is 650 g/mol. The van der Waals surface area contributed by atoms with Crippen LogP contribution in [0.2, 0.25) is 0 Å². The second-order valence-electron chi connectivity index (χ2n) is 13.4. The molecular weight excluding hydrogens is 605 g/mol. The van der Waals surface area contributed by atoms with Gasteiger partial charge in [0.25, 0.3) is 0 Å². The van der Waals surface area contributed by atoms with E-state index in [-0.39, 0.29) is 41.9 Å². The number of furan rings is 1. The van der Waals surface area contributed by atoms with E-state index in [1.165, 1.54) is 0 Å². The van der Waals surface area contributed by atoms with Gasteiger partial charge in [-0.25, -0.2) is 14.0 Å². The van der Waals surface area contributed by atoms with Gasteiger partial charge in [-0.15, -0.1) is 0 Å². The summed E-state index contributed by atoms with van der Waals surface area (Å²) in [6.45, 7) is 6.92. The Kier molecular flexibility index (Phi) is 10.5. The molecule has 3 atom stereocenters. The molecule has 2 aliphatic rings. The van der Waals surface area contributed by atoms with E-state index < -0.39 is 36.4 Å². The number of alkyl halides is 1. The summed E-state index contributed by atoms with van der Waals surface area (Å²) in [4.78, 5) is 54.2. The van der Waals surface area contributed by atoms with Gasteiger partial charge in [0.1, 0.15) is 23.9 Å². The van der Waals surface area contributed by atoms with Crippen molar-refractivity contribution in [2.24, 2.45) is 11.8 Å². The maximum absolute atomic E-state index is 14.0. The Bertz CT molecular complexity index is 1580. The van der Waals surface area contributed by atoms with Gasteiger partial charge in [-0.05, 0) is 95.5 Å². The van der Waals surface area contributed by atoms with Crippen LogP contribution in [0, 0.1) is 11.8 Å². The molecule has 3 aromatic rings. The van der Waals surface area contributed by atoms with Crippen molar-refractivity contribution in [2.75, 3.05) is 25.1 Å². The van der Waals surface area contributed by atoms with Gasteiger partial charge in [-0.2, -0.15) is 0 Å². The van der Waals surface area contributed by atoms with Crippen LogP contribution in [0.4, 0.5) is 14.9 Å². The lowest BCUT2D eigenvalue weighted by Crippen LogP contribution is -2.49. The minimum Gasteiger partial charge on any atom is -0.460 e. The number of ether oxygens (including phenoxy) is 2. The maximum Gasteiger partial charge on any atom is 0.407 e. The quantitative estimate of drug-likeness (QED) is 0.250. The highest BCUT2D eigenvalue weighted by Gasteiger charge is 2.45. The largest absolute Gasteiger partial charge is 0.460 e. The molecule has 10 nitrogen and oxygen atoms in total. The molecule has 2 fully saturated rings. The minimum absolute atomic E-state index is 0.0789. The number of hydrogen-bond donors (Lipinski definition) is 2. The Balaban J connectivity index is 1.29. The summed E-state index contributed by atoms with van der Waals surface area (Å²) in [7, 11) is 0. The van der Waals surface area contributed by atoms with E-state index in [0.29, 0.717) is 55.3 Å². The van der Waals surface area contributed by atoms with Crippen LogP contribution in [0.1, 0.15) is 81.8 Å². The number of fused-ring (bicyclic) bond motifs is 1. The Morgan fingerprint density at radius 3 is 2.38 bits per heavy atom. The van der Waals surface area contributed by atoms with Crippen LogP contribution in [0.3, 0.4) is 0 Å². The summed E-state index contributed by atoms with van der Waals surface area (Å²) in [6.07, 6.45) is 2.21. The second kappa shape index (κ2) is 14.6. The molecular formula is C36H44FN3O7. The van der Waals surface area contributed by atoms with Gasteiger partial charge in [-0.3, -0.25) is 9.59 Å². The number of carbonyl (C=O) groups is 4. The van der Waals surface area contributed by atoms with Crippen LogP contribution in [0.15, 0.2) is 59.0 Å². The van der Waals surface area contributed by atoms with Crippen LogP contribution in [0.25, 0.3) is 11.0 Å². The predicted molar refractivity (Wildman–Crippen MR) is 175 cm³/mol. The van der Waals surface area contributed by atoms with Crippen LogP contribution in [-0.2, 0) is 19.1 Å². The molecule has 1 saturated heterocycles. The SMILES string of the molecule is CCOC(=O)c1cc2cc(NC(=O)[C@@H]3[C@@H](c4ccccc4)CCN3C(=O)[C@H]3CC[C@H]([C@@H](CF)NC(=O)OC(C)(C)C)CC3)ccc2o1. The van der Waals surface area contributed by atoms with Crippen molar-refractivity contribution in [2.45, 2.75) is 83.4 Å². The number of amides is 3. The summed E-state index contributed by atoms with van der Waals surface area (Å²) in [5, 5.41) is 6.31. The zero-order chi connectivity index (χ0) is 33.7. The molecule has 47 heavy (non-hydrogen) atoms. The third-order valence-corrected chi connectivity index (χ3v) is 9.00. The number of alkyl carbamates (subject to hydrolysis) is 1. The summed E-state index contributed by atoms with van der Waals surface area (Å²) in [5.41, 5.74) is 1.29. The average Bonchev–Trinajstić information content (AvgIpc) is 3.68. The molecule has 2 N–H and O–H groups in total. The third kappa shape index (κ3) is 8.12. The number of carbonyl (C=O) groups excluding carboxylic acids is 4. The zero-order valence-corrected chi connectivity index (χ0v) is 27.4.